The van der Waals surface area contributed by atoms with Gasteiger partial charge in [0.15, 0.2) is 5.82 Å². The number of urea groups is 1. The third kappa shape index (κ3) is 2.47. The predicted octanol–water partition coefficient (Wildman–Crippen LogP) is 0.420. The Morgan fingerprint density at radius 3 is 2.93 bits per heavy atom. The van der Waals surface area contributed by atoms with E-state index in [-0.39, 0.29) is 6.03 Å². The number of hydrogen-bond donors (Lipinski definition) is 2. The summed E-state index contributed by atoms with van der Waals surface area (Å²) in [4.78, 5) is 13.4. The summed E-state index contributed by atoms with van der Waals surface area (Å²) in [5, 5.41) is 9.57. The summed E-state index contributed by atoms with van der Waals surface area (Å²) in [6, 6.07) is 1.57. The van der Waals surface area contributed by atoms with Crippen molar-refractivity contribution < 1.29 is 9.32 Å². The second kappa shape index (κ2) is 4.31. The highest BCUT2D eigenvalue weighted by atomic mass is 16.5. The van der Waals surface area contributed by atoms with E-state index in [4.69, 9.17) is 4.52 Å². The summed E-state index contributed by atoms with van der Waals surface area (Å²) >= 11 is 0. The highest BCUT2D eigenvalue weighted by molar-refractivity contribution is 5.88. The van der Waals surface area contributed by atoms with Crippen molar-refractivity contribution in [1.29, 1.82) is 0 Å². The lowest BCUT2D eigenvalue weighted by atomic mass is 10.4. The lowest BCUT2D eigenvalue weighted by Crippen LogP contribution is -2.48. The van der Waals surface area contributed by atoms with Gasteiger partial charge in [-0.2, -0.15) is 0 Å². The Balaban J connectivity index is 1.91. The molecule has 0 unspecified atom stereocenters. The first-order chi connectivity index (χ1) is 7.25. The Kier molecular flexibility index (Phi) is 2.86. The molecule has 6 heteroatoms. The van der Waals surface area contributed by atoms with Gasteiger partial charge in [0.05, 0.1) is 0 Å². The van der Waals surface area contributed by atoms with Crippen molar-refractivity contribution in [2.45, 2.75) is 6.92 Å². The normalized spacial score (nSPS) is 16.5. The third-order valence-corrected chi connectivity index (χ3v) is 2.27. The lowest BCUT2D eigenvalue weighted by Gasteiger charge is -2.26. The molecule has 0 aliphatic carbocycles. The first kappa shape index (κ1) is 9.97. The topological polar surface area (TPSA) is 70.4 Å². The summed E-state index contributed by atoms with van der Waals surface area (Å²) in [5.41, 5.74) is 0. The number of piperazine rings is 1. The zero-order chi connectivity index (χ0) is 10.7. The van der Waals surface area contributed by atoms with Crippen LogP contribution < -0.4 is 10.6 Å². The van der Waals surface area contributed by atoms with Crippen LogP contribution in [-0.4, -0.2) is 42.3 Å². The SMILES string of the molecule is Cc1cc(NC(=O)N2CCNCC2)no1. The van der Waals surface area contributed by atoms with Gasteiger partial charge in [-0.05, 0) is 6.92 Å². The molecular formula is C9H14N4O2. The summed E-state index contributed by atoms with van der Waals surface area (Å²) in [7, 11) is 0. The van der Waals surface area contributed by atoms with Crippen LogP contribution in [0.15, 0.2) is 10.6 Å². The fraction of sp³-hybridized carbons (Fsp3) is 0.556. The average molecular weight is 210 g/mol. The smallest absolute Gasteiger partial charge is 0.323 e. The number of nitrogens with one attached hydrogen (secondary N) is 2. The zero-order valence-electron chi connectivity index (χ0n) is 8.62. The van der Waals surface area contributed by atoms with Gasteiger partial charge in [0, 0.05) is 32.2 Å². The highest BCUT2D eigenvalue weighted by Crippen LogP contribution is 2.08. The van der Waals surface area contributed by atoms with Crippen molar-refractivity contribution >= 4 is 11.8 Å². The summed E-state index contributed by atoms with van der Waals surface area (Å²) < 4.78 is 4.86. The second-order valence-corrected chi connectivity index (χ2v) is 3.49. The van der Waals surface area contributed by atoms with Crippen LogP contribution in [0.3, 0.4) is 0 Å². The van der Waals surface area contributed by atoms with Gasteiger partial charge in [0.1, 0.15) is 5.76 Å². The molecule has 0 bridgehead atoms. The summed E-state index contributed by atoms with van der Waals surface area (Å²) in [5.74, 6) is 1.15. The van der Waals surface area contributed by atoms with Crippen LogP contribution in [0, 0.1) is 6.92 Å². The van der Waals surface area contributed by atoms with Gasteiger partial charge in [-0.15, -0.1) is 0 Å². The molecule has 1 saturated heterocycles. The van der Waals surface area contributed by atoms with E-state index in [2.05, 4.69) is 15.8 Å². The van der Waals surface area contributed by atoms with Crippen LogP contribution in [0.5, 0.6) is 0 Å². The molecule has 2 N–H and O–H groups in total. The van der Waals surface area contributed by atoms with E-state index in [1.807, 2.05) is 0 Å². The molecule has 0 atom stereocenters. The van der Waals surface area contributed by atoms with Crippen molar-refractivity contribution in [2.75, 3.05) is 31.5 Å². The van der Waals surface area contributed by atoms with Crippen LogP contribution in [0.4, 0.5) is 10.6 Å². The van der Waals surface area contributed by atoms with Crippen molar-refractivity contribution in [3.05, 3.63) is 11.8 Å². The number of carbonyl (C=O) groups excluding carboxylic acids is 1. The summed E-state index contributed by atoms with van der Waals surface area (Å²) in [6.45, 7) is 4.91. The molecule has 1 aliphatic heterocycles. The Hall–Kier alpha value is -1.56. The number of rotatable bonds is 1. The molecule has 82 valence electrons. The van der Waals surface area contributed by atoms with Gasteiger partial charge in [-0.25, -0.2) is 4.79 Å². The number of anilines is 1. The molecule has 0 aromatic carbocycles. The van der Waals surface area contributed by atoms with Gasteiger partial charge in [-0.3, -0.25) is 5.32 Å². The largest absolute Gasteiger partial charge is 0.360 e. The second-order valence-electron chi connectivity index (χ2n) is 3.49. The van der Waals surface area contributed by atoms with Crippen molar-refractivity contribution in [2.24, 2.45) is 0 Å². The fourth-order valence-corrected chi connectivity index (χ4v) is 1.48. The Labute approximate surface area is 87.6 Å². The predicted molar refractivity (Wildman–Crippen MR) is 54.7 cm³/mol. The van der Waals surface area contributed by atoms with Gasteiger partial charge < -0.3 is 14.7 Å². The zero-order valence-corrected chi connectivity index (χ0v) is 8.62. The number of amides is 2. The van der Waals surface area contributed by atoms with Crippen molar-refractivity contribution in [1.82, 2.24) is 15.4 Å². The van der Waals surface area contributed by atoms with Crippen LogP contribution in [0.25, 0.3) is 0 Å². The minimum Gasteiger partial charge on any atom is -0.360 e. The molecule has 1 aromatic rings. The summed E-state index contributed by atoms with van der Waals surface area (Å²) in [6.07, 6.45) is 0. The van der Waals surface area contributed by atoms with E-state index in [0.29, 0.717) is 11.6 Å². The minimum absolute atomic E-state index is 0.121. The van der Waals surface area contributed by atoms with E-state index >= 15 is 0 Å². The maximum Gasteiger partial charge on any atom is 0.323 e. The van der Waals surface area contributed by atoms with E-state index in [9.17, 15) is 4.79 Å². The quantitative estimate of drug-likeness (QED) is 0.704. The molecule has 6 nitrogen and oxygen atoms in total. The van der Waals surface area contributed by atoms with E-state index in [1.54, 1.807) is 17.9 Å². The molecule has 2 amide bonds. The Morgan fingerprint density at radius 2 is 2.33 bits per heavy atom. The number of carbonyl (C=O) groups is 1. The molecule has 0 spiro atoms. The molecule has 1 fully saturated rings. The molecule has 1 aromatic heterocycles. The first-order valence-electron chi connectivity index (χ1n) is 4.95. The Morgan fingerprint density at radius 1 is 1.60 bits per heavy atom. The third-order valence-electron chi connectivity index (χ3n) is 2.27. The maximum atomic E-state index is 11.7. The van der Waals surface area contributed by atoms with Gasteiger partial charge in [-0.1, -0.05) is 5.16 Å². The highest BCUT2D eigenvalue weighted by Gasteiger charge is 2.16. The molecule has 0 radical (unpaired) electrons. The number of aryl methyl sites for hydroxylation is 1. The Bertz CT molecular complexity index is 344. The van der Waals surface area contributed by atoms with Crippen LogP contribution in [-0.2, 0) is 0 Å². The monoisotopic (exact) mass is 210 g/mol. The molecule has 15 heavy (non-hydrogen) atoms. The lowest BCUT2D eigenvalue weighted by molar-refractivity contribution is 0.203. The maximum absolute atomic E-state index is 11.7. The van der Waals surface area contributed by atoms with E-state index in [1.165, 1.54) is 0 Å². The van der Waals surface area contributed by atoms with E-state index in [0.717, 1.165) is 26.2 Å². The molecule has 2 heterocycles. The molecule has 2 rings (SSSR count). The van der Waals surface area contributed by atoms with Crippen LogP contribution in [0.2, 0.25) is 0 Å². The molecular weight excluding hydrogens is 196 g/mol. The van der Waals surface area contributed by atoms with Gasteiger partial charge >= 0.3 is 6.03 Å². The van der Waals surface area contributed by atoms with Crippen LogP contribution in [0.1, 0.15) is 5.76 Å². The fourth-order valence-electron chi connectivity index (χ4n) is 1.48. The van der Waals surface area contributed by atoms with E-state index < -0.39 is 0 Å². The van der Waals surface area contributed by atoms with Gasteiger partial charge in [0.2, 0.25) is 0 Å². The molecule has 1 aliphatic rings. The molecule has 0 saturated carbocycles. The average Bonchev–Trinajstić information content (AvgIpc) is 2.65. The number of nitrogens with zero attached hydrogens (tertiary/aromatic N) is 2. The minimum atomic E-state index is -0.121. The number of hydrogen-bond acceptors (Lipinski definition) is 4. The standard InChI is InChI=1S/C9H14N4O2/c1-7-6-8(12-15-7)11-9(14)13-4-2-10-3-5-13/h6,10H,2-5H2,1H3,(H,11,12,14). The van der Waals surface area contributed by atoms with Crippen molar-refractivity contribution in [3.8, 4) is 0 Å². The van der Waals surface area contributed by atoms with Crippen molar-refractivity contribution in [3.63, 3.8) is 0 Å². The number of aromatic nitrogens is 1. The van der Waals surface area contributed by atoms with Crippen LogP contribution >= 0.6 is 0 Å². The van der Waals surface area contributed by atoms with Gasteiger partial charge in [0.25, 0.3) is 0 Å². The first-order valence-corrected chi connectivity index (χ1v) is 4.95.